The van der Waals surface area contributed by atoms with E-state index in [4.69, 9.17) is 4.74 Å². The van der Waals surface area contributed by atoms with Gasteiger partial charge in [0.2, 0.25) is 0 Å². The number of fused-ring (bicyclic) bond motifs is 3. The predicted octanol–water partition coefficient (Wildman–Crippen LogP) is 4.64. The van der Waals surface area contributed by atoms with Gasteiger partial charge in [0, 0.05) is 12.3 Å². The molecule has 4 heteroatoms. The highest BCUT2D eigenvalue weighted by Crippen LogP contribution is 2.71. The monoisotopic (exact) mass is 382 g/mol. The average molecular weight is 383 g/mol. The van der Waals surface area contributed by atoms with Crippen molar-refractivity contribution in [2.75, 3.05) is 0 Å². The third-order valence-corrected chi connectivity index (χ3v) is 8.73. The Labute approximate surface area is 147 Å². The van der Waals surface area contributed by atoms with E-state index in [0.717, 1.165) is 38.4 Å². The van der Waals surface area contributed by atoms with Gasteiger partial charge in [-0.2, -0.15) is 0 Å². The fourth-order valence-electron chi connectivity index (χ4n) is 6.02. The van der Waals surface area contributed by atoms with E-state index in [0.29, 0.717) is 5.92 Å². The van der Waals surface area contributed by atoms with Gasteiger partial charge in [-0.25, -0.2) is 0 Å². The summed E-state index contributed by atoms with van der Waals surface area (Å²) in [6.07, 6.45) is 8.17. The van der Waals surface area contributed by atoms with Gasteiger partial charge in [-0.05, 0) is 60.8 Å². The molecule has 3 rings (SSSR count). The molecule has 6 atom stereocenters. The van der Waals surface area contributed by atoms with Crippen molar-refractivity contribution in [1.29, 1.82) is 0 Å². The van der Waals surface area contributed by atoms with Gasteiger partial charge in [-0.15, -0.1) is 0 Å². The lowest BCUT2D eigenvalue weighted by Gasteiger charge is -2.64. The third kappa shape index (κ3) is 2.13. The summed E-state index contributed by atoms with van der Waals surface area (Å²) in [7, 11) is 0. The average Bonchev–Trinajstić information content (AvgIpc) is 2.80. The molecule has 3 nitrogen and oxygen atoms in total. The normalized spacial score (nSPS) is 48.9. The van der Waals surface area contributed by atoms with Crippen molar-refractivity contribution < 1.29 is 14.3 Å². The summed E-state index contributed by atoms with van der Waals surface area (Å²) in [5.41, 5.74) is -0.460. The van der Waals surface area contributed by atoms with Gasteiger partial charge in [0.1, 0.15) is 12.4 Å². The number of carbonyl (C=O) groups excluding carboxylic acids is 2. The van der Waals surface area contributed by atoms with Crippen molar-refractivity contribution in [2.45, 2.75) is 65.9 Å². The van der Waals surface area contributed by atoms with E-state index in [1.54, 1.807) is 0 Å². The van der Waals surface area contributed by atoms with Crippen molar-refractivity contribution in [1.82, 2.24) is 0 Å². The molecule has 3 aliphatic carbocycles. The second-order valence-corrected chi connectivity index (χ2v) is 9.21. The standard InChI is InChI=1S/C19H27BrO3/c1-12(22)23-16-9-10-18(3)14(17(16,2)11-21)7-5-13-6-8-15(20)19(13,18)4/h8,11,13-14,16H,5-7,9-10H2,1-4H3/t13-,14-,16-,17-,18-,19+/m0/s1. The van der Waals surface area contributed by atoms with Gasteiger partial charge in [0.05, 0.1) is 5.41 Å². The van der Waals surface area contributed by atoms with Crippen LogP contribution in [-0.4, -0.2) is 18.4 Å². The summed E-state index contributed by atoms with van der Waals surface area (Å²) in [6.45, 7) is 8.17. The largest absolute Gasteiger partial charge is 0.462 e. The Morgan fingerprint density at radius 2 is 2.00 bits per heavy atom. The van der Waals surface area contributed by atoms with Gasteiger partial charge in [-0.3, -0.25) is 4.79 Å². The summed E-state index contributed by atoms with van der Waals surface area (Å²) >= 11 is 3.84. The molecule has 3 aliphatic rings. The minimum atomic E-state index is -0.595. The van der Waals surface area contributed by atoms with Gasteiger partial charge < -0.3 is 9.53 Å². The Kier molecular flexibility index (Phi) is 4.06. The number of ether oxygens (including phenoxy) is 1. The molecule has 0 aliphatic heterocycles. The maximum Gasteiger partial charge on any atom is 0.302 e. The van der Waals surface area contributed by atoms with Crippen LogP contribution in [0.15, 0.2) is 10.6 Å². The van der Waals surface area contributed by atoms with Gasteiger partial charge in [-0.1, -0.05) is 35.9 Å². The maximum atomic E-state index is 12.1. The second kappa shape index (κ2) is 5.44. The number of aldehydes is 1. The number of carbonyl (C=O) groups is 2. The molecule has 0 unspecified atom stereocenters. The Morgan fingerprint density at radius 1 is 1.30 bits per heavy atom. The summed E-state index contributed by atoms with van der Waals surface area (Å²) in [5.74, 6) is 0.610. The molecule has 23 heavy (non-hydrogen) atoms. The molecule has 0 aromatic heterocycles. The van der Waals surface area contributed by atoms with E-state index < -0.39 is 5.41 Å². The molecule has 0 spiro atoms. The van der Waals surface area contributed by atoms with E-state index >= 15 is 0 Å². The number of halogens is 1. The highest BCUT2D eigenvalue weighted by atomic mass is 79.9. The molecule has 0 saturated heterocycles. The fraction of sp³-hybridized carbons (Fsp3) is 0.789. The minimum absolute atomic E-state index is 0.0497. The van der Waals surface area contributed by atoms with Crippen LogP contribution in [0.2, 0.25) is 0 Å². The lowest BCUT2D eigenvalue weighted by atomic mass is 9.41. The minimum Gasteiger partial charge on any atom is -0.462 e. The van der Waals surface area contributed by atoms with Crippen LogP contribution < -0.4 is 0 Å². The van der Waals surface area contributed by atoms with E-state index in [1.807, 2.05) is 6.92 Å². The topological polar surface area (TPSA) is 43.4 Å². The quantitative estimate of drug-likeness (QED) is 0.516. The molecule has 0 N–H and O–H groups in total. The Hall–Kier alpha value is -0.640. The fourth-order valence-corrected chi connectivity index (χ4v) is 6.99. The Morgan fingerprint density at radius 3 is 2.61 bits per heavy atom. The first-order chi connectivity index (χ1) is 10.7. The third-order valence-electron chi connectivity index (χ3n) is 7.59. The van der Waals surface area contributed by atoms with Crippen molar-refractivity contribution in [3.63, 3.8) is 0 Å². The number of hydrogen-bond acceptors (Lipinski definition) is 3. The lowest BCUT2D eigenvalue weighted by Crippen LogP contribution is -2.61. The molecule has 0 aromatic rings. The summed E-state index contributed by atoms with van der Waals surface area (Å²) in [5, 5.41) is 0. The van der Waals surface area contributed by atoms with Crippen LogP contribution in [0, 0.1) is 28.1 Å². The lowest BCUT2D eigenvalue weighted by molar-refractivity contribution is -0.191. The molecule has 0 heterocycles. The molecule has 2 saturated carbocycles. The Balaban J connectivity index is 2.04. The second-order valence-electron chi connectivity index (χ2n) is 8.36. The van der Waals surface area contributed by atoms with Crippen LogP contribution in [-0.2, 0) is 14.3 Å². The van der Waals surface area contributed by atoms with Crippen molar-refractivity contribution in [2.24, 2.45) is 28.1 Å². The highest BCUT2D eigenvalue weighted by Gasteiger charge is 2.66. The first kappa shape index (κ1) is 17.2. The molecular formula is C19H27BrO3. The van der Waals surface area contributed by atoms with Gasteiger partial charge >= 0.3 is 5.97 Å². The zero-order valence-electron chi connectivity index (χ0n) is 14.5. The van der Waals surface area contributed by atoms with Crippen LogP contribution in [0.5, 0.6) is 0 Å². The van der Waals surface area contributed by atoms with Crippen LogP contribution in [0.4, 0.5) is 0 Å². The molecule has 0 bridgehead atoms. The SMILES string of the molecule is CC(=O)O[C@H]1CC[C@@]2(C)[C@@H](CC[C@H]3CC=C(Br)[C@@]32C)[C@]1(C)C=O. The Bertz CT molecular complexity index is 571. The highest BCUT2D eigenvalue weighted by molar-refractivity contribution is 9.11. The zero-order valence-corrected chi connectivity index (χ0v) is 16.1. The summed E-state index contributed by atoms with van der Waals surface area (Å²) in [4.78, 5) is 23.6. The number of allylic oxidation sites excluding steroid dienone is 2. The van der Waals surface area contributed by atoms with E-state index in [9.17, 15) is 9.59 Å². The first-order valence-electron chi connectivity index (χ1n) is 8.70. The summed E-state index contributed by atoms with van der Waals surface area (Å²) in [6, 6.07) is 0. The number of hydrogen-bond donors (Lipinski definition) is 0. The predicted molar refractivity (Wildman–Crippen MR) is 93.0 cm³/mol. The molecule has 0 aromatic carbocycles. The molecule has 2 fully saturated rings. The number of esters is 1. The molecule has 0 radical (unpaired) electrons. The van der Waals surface area contributed by atoms with E-state index in [2.05, 4.69) is 35.9 Å². The zero-order chi connectivity index (χ0) is 17.0. The first-order valence-corrected chi connectivity index (χ1v) is 9.49. The molecular weight excluding hydrogens is 356 g/mol. The van der Waals surface area contributed by atoms with E-state index in [1.165, 1.54) is 11.4 Å². The smallest absolute Gasteiger partial charge is 0.302 e. The van der Waals surface area contributed by atoms with E-state index in [-0.39, 0.29) is 28.8 Å². The summed E-state index contributed by atoms with van der Waals surface area (Å²) < 4.78 is 6.87. The van der Waals surface area contributed by atoms with Crippen molar-refractivity contribution in [3.8, 4) is 0 Å². The van der Waals surface area contributed by atoms with Gasteiger partial charge in [0.15, 0.2) is 0 Å². The van der Waals surface area contributed by atoms with Crippen LogP contribution in [0.3, 0.4) is 0 Å². The van der Waals surface area contributed by atoms with Crippen LogP contribution in [0.25, 0.3) is 0 Å². The molecule has 0 amide bonds. The van der Waals surface area contributed by atoms with Crippen molar-refractivity contribution in [3.05, 3.63) is 10.6 Å². The number of rotatable bonds is 2. The maximum absolute atomic E-state index is 12.1. The van der Waals surface area contributed by atoms with Gasteiger partial charge in [0.25, 0.3) is 0 Å². The van der Waals surface area contributed by atoms with Crippen LogP contribution >= 0.6 is 15.9 Å². The van der Waals surface area contributed by atoms with Crippen LogP contribution in [0.1, 0.15) is 59.8 Å². The molecule has 128 valence electrons. The van der Waals surface area contributed by atoms with Crippen molar-refractivity contribution >= 4 is 28.2 Å².